The van der Waals surface area contributed by atoms with E-state index >= 15 is 0 Å². The largest absolute Gasteiger partial charge is 0.396 e. The second kappa shape index (κ2) is 2.98. The summed E-state index contributed by atoms with van der Waals surface area (Å²) in [7, 11) is 0. The molecule has 1 aliphatic rings. The van der Waals surface area contributed by atoms with Gasteiger partial charge in [-0.25, -0.2) is 0 Å². The maximum Gasteiger partial charge on any atom is 0.0843 e. The van der Waals surface area contributed by atoms with Crippen LogP contribution in [0.4, 0.5) is 5.69 Å². The van der Waals surface area contributed by atoms with Crippen molar-refractivity contribution in [2.75, 3.05) is 5.73 Å². The zero-order valence-corrected chi connectivity index (χ0v) is 8.70. The average molecular weight is 195 g/mol. The van der Waals surface area contributed by atoms with E-state index in [1.807, 2.05) is 18.5 Å². The zero-order valence-electron chi connectivity index (χ0n) is 8.70. The van der Waals surface area contributed by atoms with Gasteiger partial charge in [-0.1, -0.05) is 0 Å². The van der Waals surface area contributed by atoms with Crippen LogP contribution >= 0.6 is 0 Å². The molecule has 78 valence electrons. The highest BCUT2D eigenvalue weighted by Crippen LogP contribution is 2.39. The number of hydrogen-bond donors (Lipinski definition) is 2. The van der Waals surface area contributed by atoms with Crippen LogP contribution in [0.1, 0.15) is 37.9 Å². The lowest BCUT2D eigenvalue weighted by atomic mass is 10.0. The fraction of sp³-hybridized carbons (Fsp3) is 0.700. The molecule has 1 aliphatic carbocycles. The molecular weight excluding hydrogens is 178 g/mol. The van der Waals surface area contributed by atoms with E-state index in [1.165, 1.54) is 0 Å². The third-order valence-corrected chi connectivity index (χ3v) is 3.26. The first-order chi connectivity index (χ1) is 6.52. The normalized spacial score (nSPS) is 32.4. The van der Waals surface area contributed by atoms with Gasteiger partial charge in [0, 0.05) is 0 Å². The number of aliphatic hydroxyl groups is 1. The van der Waals surface area contributed by atoms with Crippen LogP contribution in [0.3, 0.4) is 0 Å². The molecule has 0 aromatic carbocycles. The minimum atomic E-state index is -0.636. The van der Waals surface area contributed by atoms with Gasteiger partial charge in [0.1, 0.15) is 0 Å². The van der Waals surface area contributed by atoms with Gasteiger partial charge in [0.25, 0.3) is 0 Å². The van der Waals surface area contributed by atoms with E-state index in [-0.39, 0.29) is 6.04 Å². The maximum absolute atomic E-state index is 10.1. The van der Waals surface area contributed by atoms with Gasteiger partial charge in [0.2, 0.25) is 0 Å². The lowest BCUT2D eigenvalue weighted by Crippen LogP contribution is -2.32. The van der Waals surface area contributed by atoms with E-state index in [0.29, 0.717) is 5.69 Å². The molecule has 0 spiro atoms. The Morgan fingerprint density at radius 1 is 1.71 bits per heavy atom. The van der Waals surface area contributed by atoms with E-state index in [9.17, 15) is 5.11 Å². The number of nitrogens with two attached hydrogens (primary N) is 1. The fourth-order valence-corrected chi connectivity index (χ4v) is 2.27. The molecule has 0 radical (unpaired) electrons. The van der Waals surface area contributed by atoms with E-state index < -0.39 is 5.60 Å². The van der Waals surface area contributed by atoms with E-state index in [0.717, 1.165) is 25.0 Å². The summed E-state index contributed by atoms with van der Waals surface area (Å²) >= 11 is 0. The Labute approximate surface area is 83.7 Å². The Morgan fingerprint density at radius 3 is 2.86 bits per heavy atom. The number of rotatable bonds is 1. The Kier molecular flexibility index (Phi) is 2.03. The van der Waals surface area contributed by atoms with Crippen molar-refractivity contribution in [3.8, 4) is 0 Å². The topological polar surface area (TPSA) is 64.1 Å². The molecule has 2 unspecified atom stereocenters. The van der Waals surface area contributed by atoms with Crippen LogP contribution in [-0.2, 0) is 0 Å². The van der Waals surface area contributed by atoms with Crippen LogP contribution in [-0.4, -0.2) is 20.5 Å². The Balaban J connectivity index is 2.36. The van der Waals surface area contributed by atoms with Crippen LogP contribution in [0.25, 0.3) is 0 Å². The lowest BCUT2D eigenvalue weighted by Gasteiger charge is -2.26. The summed E-state index contributed by atoms with van der Waals surface area (Å²) in [6.45, 7) is 3.82. The molecule has 1 fully saturated rings. The lowest BCUT2D eigenvalue weighted by molar-refractivity contribution is 0.0214. The summed E-state index contributed by atoms with van der Waals surface area (Å²) < 4.78 is 1.86. The summed E-state index contributed by atoms with van der Waals surface area (Å²) in [6.07, 6.45) is 4.53. The van der Waals surface area contributed by atoms with Crippen molar-refractivity contribution in [2.24, 2.45) is 0 Å². The molecule has 0 aliphatic heterocycles. The Bertz CT molecular complexity index is 343. The van der Waals surface area contributed by atoms with Gasteiger partial charge in [0.05, 0.1) is 29.2 Å². The molecule has 0 bridgehead atoms. The Hall–Kier alpha value is -1.03. The fourth-order valence-electron chi connectivity index (χ4n) is 2.27. The van der Waals surface area contributed by atoms with Gasteiger partial charge < -0.3 is 10.8 Å². The predicted molar refractivity (Wildman–Crippen MR) is 54.9 cm³/mol. The minimum absolute atomic E-state index is 0.0831. The summed E-state index contributed by atoms with van der Waals surface area (Å²) in [4.78, 5) is 0. The standard InChI is InChI=1S/C10H17N3O/c1-7-8(11)6-12-13(7)9-4-3-5-10(9,2)14/h6,9,14H,3-5,11H2,1-2H3. The highest BCUT2D eigenvalue weighted by molar-refractivity contribution is 5.40. The van der Waals surface area contributed by atoms with Crippen molar-refractivity contribution in [1.82, 2.24) is 9.78 Å². The SMILES string of the molecule is Cc1c(N)cnn1C1CCCC1(C)O. The van der Waals surface area contributed by atoms with Crippen LogP contribution in [0.15, 0.2) is 6.20 Å². The van der Waals surface area contributed by atoms with Crippen LogP contribution in [0, 0.1) is 6.92 Å². The quantitative estimate of drug-likeness (QED) is 0.708. The molecule has 4 nitrogen and oxygen atoms in total. The van der Waals surface area contributed by atoms with Gasteiger partial charge in [-0.3, -0.25) is 4.68 Å². The van der Waals surface area contributed by atoms with E-state index in [1.54, 1.807) is 6.20 Å². The molecule has 1 aromatic heterocycles. The molecule has 2 atom stereocenters. The molecule has 1 heterocycles. The molecule has 3 N–H and O–H groups in total. The third kappa shape index (κ3) is 1.30. The first-order valence-electron chi connectivity index (χ1n) is 5.04. The molecule has 1 aromatic rings. The van der Waals surface area contributed by atoms with Crippen LogP contribution < -0.4 is 5.73 Å². The third-order valence-electron chi connectivity index (χ3n) is 3.26. The van der Waals surface area contributed by atoms with Crippen molar-refractivity contribution in [3.05, 3.63) is 11.9 Å². The monoisotopic (exact) mass is 195 g/mol. The van der Waals surface area contributed by atoms with Crippen molar-refractivity contribution >= 4 is 5.69 Å². The second-order valence-electron chi connectivity index (χ2n) is 4.40. The molecule has 14 heavy (non-hydrogen) atoms. The second-order valence-corrected chi connectivity index (χ2v) is 4.40. The highest BCUT2D eigenvalue weighted by atomic mass is 16.3. The summed E-state index contributed by atoms with van der Waals surface area (Å²) in [5.41, 5.74) is 6.75. The molecule has 2 rings (SSSR count). The molecule has 1 saturated carbocycles. The van der Waals surface area contributed by atoms with Gasteiger partial charge in [-0.05, 0) is 33.1 Å². The van der Waals surface area contributed by atoms with Gasteiger partial charge >= 0.3 is 0 Å². The van der Waals surface area contributed by atoms with Gasteiger partial charge in [-0.15, -0.1) is 0 Å². The molecule has 0 amide bonds. The van der Waals surface area contributed by atoms with Crippen LogP contribution in [0.2, 0.25) is 0 Å². The average Bonchev–Trinajstić information content (AvgIpc) is 2.59. The molecule has 4 heteroatoms. The van der Waals surface area contributed by atoms with Crippen molar-refractivity contribution in [3.63, 3.8) is 0 Å². The number of nitrogen functional groups attached to an aromatic ring is 1. The predicted octanol–water partition coefficient (Wildman–Crippen LogP) is 1.25. The molecule has 0 saturated heterocycles. The summed E-state index contributed by atoms with van der Waals surface area (Å²) in [6, 6.07) is 0.0831. The van der Waals surface area contributed by atoms with Crippen molar-refractivity contribution in [1.29, 1.82) is 0 Å². The van der Waals surface area contributed by atoms with Gasteiger partial charge in [-0.2, -0.15) is 5.10 Å². The number of nitrogens with zero attached hydrogens (tertiary/aromatic N) is 2. The number of aromatic nitrogens is 2. The first kappa shape index (κ1) is 9.52. The van der Waals surface area contributed by atoms with Crippen molar-refractivity contribution in [2.45, 2.75) is 44.8 Å². The summed E-state index contributed by atoms with van der Waals surface area (Å²) in [5.74, 6) is 0. The Morgan fingerprint density at radius 2 is 2.43 bits per heavy atom. The minimum Gasteiger partial charge on any atom is -0.396 e. The van der Waals surface area contributed by atoms with E-state index in [2.05, 4.69) is 5.10 Å². The number of hydrogen-bond acceptors (Lipinski definition) is 3. The van der Waals surface area contributed by atoms with E-state index in [4.69, 9.17) is 5.73 Å². The first-order valence-corrected chi connectivity index (χ1v) is 5.04. The van der Waals surface area contributed by atoms with Crippen LogP contribution in [0.5, 0.6) is 0 Å². The smallest absolute Gasteiger partial charge is 0.0843 e. The highest BCUT2D eigenvalue weighted by Gasteiger charge is 2.39. The van der Waals surface area contributed by atoms with Crippen molar-refractivity contribution < 1.29 is 5.11 Å². The van der Waals surface area contributed by atoms with Gasteiger partial charge in [0.15, 0.2) is 0 Å². The zero-order chi connectivity index (χ0) is 10.3. The summed E-state index contributed by atoms with van der Waals surface area (Å²) in [5, 5.41) is 14.4. The maximum atomic E-state index is 10.1. The number of anilines is 1. The molecular formula is C10H17N3O.